The van der Waals surface area contributed by atoms with Gasteiger partial charge >= 0.3 is 6.01 Å². The summed E-state index contributed by atoms with van der Waals surface area (Å²) in [5.74, 6) is 2.09. The van der Waals surface area contributed by atoms with Gasteiger partial charge in [0.25, 0.3) is 0 Å². The zero-order valence-electron chi connectivity index (χ0n) is 10.1. The summed E-state index contributed by atoms with van der Waals surface area (Å²) in [7, 11) is 1.21. The highest BCUT2D eigenvalue weighted by atomic mass is 32.2. The molecule has 6 nitrogen and oxygen atoms in total. The summed E-state index contributed by atoms with van der Waals surface area (Å²) in [6, 6.07) is 0.808. The summed E-state index contributed by atoms with van der Waals surface area (Å²) < 4.78 is 16.7. The van der Waals surface area contributed by atoms with E-state index < -0.39 is 10.8 Å². The molecule has 1 fully saturated rings. The minimum absolute atomic E-state index is 0.0527. The molecule has 0 spiro atoms. The Kier molecular flexibility index (Phi) is 4.11. The van der Waals surface area contributed by atoms with Crippen molar-refractivity contribution in [3.05, 3.63) is 5.89 Å². The fourth-order valence-corrected chi connectivity index (χ4v) is 3.00. The first kappa shape index (κ1) is 12.5. The number of nitrogens with one attached hydrogen (secondary N) is 2. The van der Waals surface area contributed by atoms with Gasteiger partial charge in [-0.05, 0) is 26.8 Å². The Morgan fingerprint density at radius 3 is 2.76 bits per heavy atom. The van der Waals surface area contributed by atoms with E-state index in [1.165, 1.54) is 0 Å². The van der Waals surface area contributed by atoms with Crippen molar-refractivity contribution in [3.63, 3.8) is 0 Å². The van der Waals surface area contributed by atoms with Crippen LogP contribution in [-0.4, -0.2) is 39.0 Å². The molecule has 2 heterocycles. The third kappa shape index (κ3) is 3.26. The van der Waals surface area contributed by atoms with Crippen LogP contribution < -0.4 is 10.6 Å². The van der Waals surface area contributed by atoms with Crippen molar-refractivity contribution < 1.29 is 8.63 Å². The van der Waals surface area contributed by atoms with Crippen molar-refractivity contribution in [2.45, 2.75) is 31.8 Å². The quantitative estimate of drug-likeness (QED) is 0.826. The molecule has 1 aromatic heterocycles. The normalized spacial score (nSPS) is 26.7. The molecule has 1 aliphatic rings. The molecule has 0 aliphatic carbocycles. The van der Waals surface area contributed by atoms with E-state index in [4.69, 9.17) is 4.42 Å². The van der Waals surface area contributed by atoms with Crippen LogP contribution in [0, 0.1) is 0 Å². The fourth-order valence-electron chi connectivity index (χ4n) is 1.70. The van der Waals surface area contributed by atoms with Crippen molar-refractivity contribution in [2.75, 3.05) is 23.9 Å². The molecule has 0 saturated carbocycles. The van der Waals surface area contributed by atoms with E-state index in [1.54, 1.807) is 0 Å². The Hall–Kier alpha value is -0.950. The van der Waals surface area contributed by atoms with E-state index in [-0.39, 0.29) is 6.04 Å². The molecule has 1 aliphatic heterocycles. The average molecular weight is 258 g/mol. The SMILES string of the molecule is CNC(C)c1nnc(NC2CCS(=O)CC2)o1. The minimum Gasteiger partial charge on any atom is -0.406 e. The molecule has 0 radical (unpaired) electrons. The van der Waals surface area contributed by atoms with E-state index in [0.29, 0.717) is 17.9 Å². The van der Waals surface area contributed by atoms with Crippen molar-refractivity contribution in [1.29, 1.82) is 0 Å². The third-order valence-electron chi connectivity index (χ3n) is 2.96. The van der Waals surface area contributed by atoms with Gasteiger partial charge in [0.15, 0.2) is 0 Å². The Labute approximate surface area is 103 Å². The molecule has 2 rings (SSSR count). The smallest absolute Gasteiger partial charge is 0.315 e. The molecule has 0 amide bonds. The molecular weight excluding hydrogens is 240 g/mol. The third-order valence-corrected chi connectivity index (χ3v) is 4.34. The molecule has 0 aromatic carbocycles. The zero-order valence-corrected chi connectivity index (χ0v) is 10.9. The van der Waals surface area contributed by atoms with Gasteiger partial charge in [-0.1, -0.05) is 5.10 Å². The lowest BCUT2D eigenvalue weighted by Crippen LogP contribution is -2.29. The fraction of sp³-hybridized carbons (Fsp3) is 0.800. The van der Waals surface area contributed by atoms with Crippen molar-refractivity contribution in [2.24, 2.45) is 0 Å². The van der Waals surface area contributed by atoms with Crippen LogP contribution in [0.3, 0.4) is 0 Å². The highest BCUT2D eigenvalue weighted by Gasteiger charge is 2.20. The molecule has 1 saturated heterocycles. The van der Waals surface area contributed by atoms with Gasteiger partial charge in [-0.25, -0.2) is 0 Å². The number of anilines is 1. The van der Waals surface area contributed by atoms with Crippen LogP contribution in [0.5, 0.6) is 0 Å². The Balaban J connectivity index is 1.90. The van der Waals surface area contributed by atoms with Crippen LogP contribution in [-0.2, 0) is 10.8 Å². The molecule has 1 aromatic rings. The van der Waals surface area contributed by atoms with Gasteiger partial charge in [-0.3, -0.25) is 4.21 Å². The van der Waals surface area contributed by atoms with Gasteiger partial charge in [-0.15, -0.1) is 5.10 Å². The molecule has 7 heteroatoms. The second-order valence-electron chi connectivity index (χ2n) is 4.22. The molecule has 2 N–H and O–H groups in total. The summed E-state index contributed by atoms with van der Waals surface area (Å²) in [4.78, 5) is 0. The highest BCUT2D eigenvalue weighted by Crippen LogP contribution is 2.17. The maximum atomic E-state index is 11.2. The van der Waals surface area contributed by atoms with Gasteiger partial charge in [0, 0.05) is 28.3 Å². The lowest BCUT2D eigenvalue weighted by Gasteiger charge is -2.21. The first-order valence-electron chi connectivity index (χ1n) is 5.81. The maximum Gasteiger partial charge on any atom is 0.315 e. The van der Waals surface area contributed by atoms with Crippen molar-refractivity contribution >= 4 is 16.8 Å². The number of hydrogen-bond acceptors (Lipinski definition) is 6. The van der Waals surface area contributed by atoms with Crippen LogP contribution in [0.15, 0.2) is 4.42 Å². The van der Waals surface area contributed by atoms with Crippen molar-refractivity contribution in [3.8, 4) is 0 Å². The first-order valence-corrected chi connectivity index (χ1v) is 7.30. The summed E-state index contributed by atoms with van der Waals surface area (Å²) >= 11 is 0. The van der Waals surface area contributed by atoms with Crippen LogP contribution in [0.25, 0.3) is 0 Å². The van der Waals surface area contributed by atoms with E-state index in [1.807, 2.05) is 14.0 Å². The van der Waals surface area contributed by atoms with Gasteiger partial charge in [0.1, 0.15) is 0 Å². The highest BCUT2D eigenvalue weighted by molar-refractivity contribution is 7.85. The van der Waals surface area contributed by atoms with E-state index in [2.05, 4.69) is 20.8 Å². The Bertz CT molecular complexity index is 385. The van der Waals surface area contributed by atoms with Gasteiger partial charge in [0.2, 0.25) is 5.89 Å². The van der Waals surface area contributed by atoms with Crippen LogP contribution in [0.1, 0.15) is 31.7 Å². The lowest BCUT2D eigenvalue weighted by molar-refractivity contribution is 0.436. The average Bonchev–Trinajstić information content (AvgIpc) is 2.80. The Morgan fingerprint density at radius 1 is 1.41 bits per heavy atom. The van der Waals surface area contributed by atoms with E-state index in [0.717, 1.165) is 24.3 Å². The summed E-state index contributed by atoms with van der Waals surface area (Å²) in [5.41, 5.74) is 0. The number of rotatable bonds is 4. The summed E-state index contributed by atoms with van der Waals surface area (Å²) in [6.45, 7) is 1.96. The Morgan fingerprint density at radius 2 is 2.12 bits per heavy atom. The van der Waals surface area contributed by atoms with Gasteiger partial charge < -0.3 is 15.1 Å². The van der Waals surface area contributed by atoms with Crippen LogP contribution >= 0.6 is 0 Å². The standard InChI is InChI=1S/C10H18N4O2S/c1-7(11-2)9-13-14-10(16-9)12-8-3-5-17(15)6-4-8/h7-8,11H,3-6H2,1-2H3,(H,12,14). The molecule has 1 atom stereocenters. The monoisotopic (exact) mass is 258 g/mol. The summed E-state index contributed by atoms with van der Waals surface area (Å²) in [6.07, 6.45) is 1.79. The largest absolute Gasteiger partial charge is 0.406 e. The number of nitrogens with zero attached hydrogens (tertiary/aromatic N) is 2. The van der Waals surface area contributed by atoms with E-state index in [9.17, 15) is 4.21 Å². The van der Waals surface area contributed by atoms with Crippen LogP contribution in [0.4, 0.5) is 6.01 Å². The molecular formula is C10H18N4O2S. The zero-order chi connectivity index (χ0) is 12.3. The second-order valence-corrected chi connectivity index (χ2v) is 5.92. The van der Waals surface area contributed by atoms with Gasteiger partial charge in [0.05, 0.1) is 6.04 Å². The summed E-state index contributed by atoms with van der Waals surface area (Å²) in [5, 5.41) is 14.2. The predicted octanol–water partition coefficient (Wildman–Crippen LogP) is 0.673. The van der Waals surface area contributed by atoms with Crippen LogP contribution in [0.2, 0.25) is 0 Å². The topological polar surface area (TPSA) is 80.0 Å². The van der Waals surface area contributed by atoms with Gasteiger partial charge in [-0.2, -0.15) is 0 Å². The van der Waals surface area contributed by atoms with Crippen molar-refractivity contribution in [1.82, 2.24) is 15.5 Å². The molecule has 96 valence electrons. The second kappa shape index (κ2) is 5.59. The molecule has 1 unspecified atom stereocenters. The maximum absolute atomic E-state index is 11.2. The predicted molar refractivity (Wildman–Crippen MR) is 66.3 cm³/mol. The molecule has 17 heavy (non-hydrogen) atoms. The number of hydrogen-bond donors (Lipinski definition) is 2. The number of aromatic nitrogens is 2. The first-order chi connectivity index (χ1) is 8.19. The van der Waals surface area contributed by atoms with E-state index >= 15 is 0 Å². The molecule has 0 bridgehead atoms. The lowest BCUT2D eigenvalue weighted by atomic mass is 10.2. The minimum atomic E-state index is -0.639.